The SMILES string of the molecule is COc1ccc(NC(=O)c2ccc(N3C(=O)[C@H]4[C@H](CC=C[C@@H]4C)C3=O)cc2)c(OC)c1. The lowest BCUT2D eigenvalue weighted by molar-refractivity contribution is -0.122. The summed E-state index contributed by atoms with van der Waals surface area (Å²) in [6.07, 6.45) is 4.55. The number of hydrogen-bond acceptors (Lipinski definition) is 5. The molecule has 0 aromatic heterocycles. The Labute approximate surface area is 180 Å². The number of imide groups is 1. The van der Waals surface area contributed by atoms with Crippen LogP contribution in [-0.2, 0) is 9.59 Å². The fourth-order valence-corrected chi connectivity index (χ4v) is 4.26. The molecule has 1 fully saturated rings. The normalized spacial score (nSPS) is 22.3. The van der Waals surface area contributed by atoms with Gasteiger partial charge in [-0.25, -0.2) is 0 Å². The molecule has 160 valence electrons. The molecular weight excluding hydrogens is 396 g/mol. The van der Waals surface area contributed by atoms with Crippen molar-refractivity contribution in [2.75, 3.05) is 24.4 Å². The van der Waals surface area contributed by atoms with Gasteiger partial charge in [0.05, 0.1) is 37.4 Å². The van der Waals surface area contributed by atoms with Gasteiger partial charge in [-0.1, -0.05) is 19.1 Å². The summed E-state index contributed by atoms with van der Waals surface area (Å²) in [6.45, 7) is 1.96. The average Bonchev–Trinajstić information content (AvgIpc) is 3.05. The number of hydrogen-bond donors (Lipinski definition) is 1. The first kappa shape index (κ1) is 20.7. The molecule has 0 radical (unpaired) electrons. The van der Waals surface area contributed by atoms with Gasteiger partial charge >= 0.3 is 0 Å². The summed E-state index contributed by atoms with van der Waals surface area (Å²) in [4.78, 5) is 39.7. The lowest BCUT2D eigenvalue weighted by Gasteiger charge is -2.22. The standard InChI is InChI=1S/C24H24N2O5/c1-14-5-4-6-18-21(14)24(29)26(23(18)28)16-9-7-15(8-10-16)22(27)25-19-12-11-17(30-2)13-20(19)31-3/h4-5,7-14,18,21H,6H2,1-3H3,(H,25,27)/t14-,18-,21+/m0/s1. The van der Waals surface area contributed by atoms with Gasteiger partial charge in [0.15, 0.2) is 0 Å². The molecule has 1 N–H and O–H groups in total. The first-order valence-electron chi connectivity index (χ1n) is 10.1. The van der Waals surface area contributed by atoms with Crippen LogP contribution in [0.25, 0.3) is 0 Å². The second kappa shape index (κ2) is 8.26. The molecule has 0 saturated carbocycles. The molecule has 1 aliphatic heterocycles. The number of rotatable bonds is 5. The van der Waals surface area contributed by atoms with Gasteiger partial charge in [0.25, 0.3) is 5.91 Å². The van der Waals surface area contributed by atoms with E-state index in [4.69, 9.17) is 9.47 Å². The Kier molecular flexibility index (Phi) is 5.50. The molecule has 3 amide bonds. The number of ether oxygens (including phenoxy) is 2. The summed E-state index contributed by atoms with van der Waals surface area (Å²) in [5.41, 5.74) is 1.39. The lowest BCUT2D eigenvalue weighted by atomic mass is 9.78. The zero-order valence-corrected chi connectivity index (χ0v) is 17.6. The molecule has 2 aromatic rings. The summed E-state index contributed by atoms with van der Waals surface area (Å²) < 4.78 is 10.5. The number of anilines is 2. The fraction of sp³-hybridized carbons (Fsp3) is 0.292. The second-order valence-corrected chi connectivity index (χ2v) is 7.73. The number of methoxy groups -OCH3 is 2. The number of amides is 3. The Morgan fingerprint density at radius 1 is 1.03 bits per heavy atom. The Hall–Kier alpha value is -3.61. The van der Waals surface area contributed by atoms with E-state index in [0.29, 0.717) is 34.9 Å². The van der Waals surface area contributed by atoms with Crippen LogP contribution < -0.4 is 19.7 Å². The van der Waals surface area contributed by atoms with Crippen LogP contribution in [0.3, 0.4) is 0 Å². The van der Waals surface area contributed by atoms with Crippen LogP contribution in [0.4, 0.5) is 11.4 Å². The fourth-order valence-electron chi connectivity index (χ4n) is 4.26. The molecule has 0 bridgehead atoms. The molecule has 3 atom stereocenters. The van der Waals surface area contributed by atoms with Crippen LogP contribution >= 0.6 is 0 Å². The van der Waals surface area contributed by atoms with Crippen molar-refractivity contribution in [1.82, 2.24) is 0 Å². The number of allylic oxidation sites excluding steroid dienone is 2. The molecule has 7 nitrogen and oxygen atoms in total. The van der Waals surface area contributed by atoms with Gasteiger partial charge in [-0.2, -0.15) is 0 Å². The number of nitrogens with one attached hydrogen (secondary N) is 1. The zero-order valence-electron chi connectivity index (χ0n) is 17.6. The first-order valence-corrected chi connectivity index (χ1v) is 10.1. The minimum absolute atomic E-state index is 0.0322. The van der Waals surface area contributed by atoms with Crippen LogP contribution in [0, 0.1) is 17.8 Å². The number of carbonyl (C=O) groups excluding carboxylic acids is 3. The highest BCUT2D eigenvalue weighted by Gasteiger charge is 2.50. The molecule has 0 spiro atoms. The molecule has 1 heterocycles. The summed E-state index contributed by atoms with van der Waals surface area (Å²) in [5, 5.41) is 2.81. The van der Waals surface area contributed by atoms with Crippen molar-refractivity contribution >= 4 is 29.1 Å². The number of nitrogens with zero attached hydrogens (tertiary/aromatic N) is 1. The van der Waals surface area contributed by atoms with Gasteiger partial charge in [0.2, 0.25) is 11.8 Å². The number of fused-ring (bicyclic) bond motifs is 1. The van der Waals surface area contributed by atoms with Gasteiger partial charge in [-0.15, -0.1) is 0 Å². The monoisotopic (exact) mass is 420 g/mol. The van der Waals surface area contributed by atoms with Crippen molar-refractivity contribution in [3.8, 4) is 11.5 Å². The molecule has 2 aliphatic rings. The Bertz CT molecular complexity index is 1060. The summed E-state index contributed by atoms with van der Waals surface area (Å²) in [5.74, 6) is -0.183. The largest absolute Gasteiger partial charge is 0.497 e. The van der Waals surface area contributed by atoms with Gasteiger partial charge in [-0.05, 0) is 48.7 Å². The number of benzene rings is 2. The summed E-state index contributed by atoms with van der Waals surface area (Å²) >= 11 is 0. The maximum absolute atomic E-state index is 12.9. The molecule has 1 aliphatic carbocycles. The molecule has 0 unspecified atom stereocenters. The molecule has 2 aromatic carbocycles. The predicted octanol–water partition coefficient (Wildman–Crippen LogP) is 3.66. The first-order chi connectivity index (χ1) is 14.9. The van der Waals surface area contributed by atoms with Crippen LogP contribution in [-0.4, -0.2) is 31.9 Å². The third-order valence-electron chi connectivity index (χ3n) is 5.92. The van der Waals surface area contributed by atoms with Gasteiger partial charge in [0.1, 0.15) is 11.5 Å². The highest BCUT2D eigenvalue weighted by atomic mass is 16.5. The highest BCUT2D eigenvalue weighted by molar-refractivity contribution is 6.22. The van der Waals surface area contributed by atoms with Gasteiger partial charge in [0, 0.05) is 11.6 Å². The molecule has 31 heavy (non-hydrogen) atoms. The van der Waals surface area contributed by atoms with E-state index in [2.05, 4.69) is 5.32 Å². The average molecular weight is 420 g/mol. The van der Waals surface area contributed by atoms with E-state index in [1.165, 1.54) is 12.0 Å². The summed E-state index contributed by atoms with van der Waals surface area (Å²) in [6, 6.07) is 11.6. The van der Waals surface area contributed by atoms with Gasteiger partial charge in [-0.3, -0.25) is 19.3 Å². The maximum atomic E-state index is 12.9. The van der Waals surface area contributed by atoms with E-state index in [-0.39, 0.29) is 35.5 Å². The summed E-state index contributed by atoms with van der Waals surface area (Å²) in [7, 11) is 3.06. The van der Waals surface area contributed by atoms with Crippen molar-refractivity contribution in [3.05, 3.63) is 60.2 Å². The van der Waals surface area contributed by atoms with Gasteiger partial charge < -0.3 is 14.8 Å². The van der Waals surface area contributed by atoms with Crippen molar-refractivity contribution in [3.63, 3.8) is 0 Å². The van der Waals surface area contributed by atoms with Crippen molar-refractivity contribution in [1.29, 1.82) is 0 Å². The predicted molar refractivity (Wildman–Crippen MR) is 116 cm³/mol. The van der Waals surface area contributed by atoms with Crippen LogP contribution in [0.1, 0.15) is 23.7 Å². The van der Waals surface area contributed by atoms with Crippen LogP contribution in [0.5, 0.6) is 11.5 Å². The lowest BCUT2D eigenvalue weighted by Crippen LogP contribution is -2.31. The van der Waals surface area contributed by atoms with Crippen molar-refractivity contribution in [2.45, 2.75) is 13.3 Å². The second-order valence-electron chi connectivity index (χ2n) is 7.73. The maximum Gasteiger partial charge on any atom is 0.255 e. The third-order valence-corrected chi connectivity index (χ3v) is 5.92. The van der Waals surface area contributed by atoms with E-state index in [1.54, 1.807) is 49.6 Å². The Morgan fingerprint density at radius 3 is 2.42 bits per heavy atom. The smallest absolute Gasteiger partial charge is 0.255 e. The van der Waals surface area contributed by atoms with Crippen molar-refractivity contribution < 1.29 is 23.9 Å². The molecule has 7 heteroatoms. The van der Waals surface area contributed by atoms with E-state index >= 15 is 0 Å². The number of carbonyl (C=O) groups is 3. The zero-order chi connectivity index (χ0) is 22.1. The van der Waals surface area contributed by atoms with E-state index in [1.807, 2.05) is 19.1 Å². The Balaban J connectivity index is 1.52. The molecule has 1 saturated heterocycles. The van der Waals surface area contributed by atoms with Crippen molar-refractivity contribution in [2.24, 2.45) is 17.8 Å². The van der Waals surface area contributed by atoms with Crippen LogP contribution in [0.15, 0.2) is 54.6 Å². The quantitative estimate of drug-likeness (QED) is 0.589. The third kappa shape index (κ3) is 3.67. The minimum Gasteiger partial charge on any atom is -0.497 e. The minimum atomic E-state index is -0.333. The van der Waals surface area contributed by atoms with E-state index < -0.39 is 0 Å². The van der Waals surface area contributed by atoms with E-state index in [9.17, 15) is 14.4 Å². The topological polar surface area (TPSA) is 84.9 Å². The Morgan fingerprint density at radius 2 is 1.77 bits per heavy atom. The highest BCUT2D eigenvalue weighted by Crippen LogP contribution is 2.40. The molecule has 4 rings (SSSR count). The van der Waals surface area contributed by atoms with Crippen LogP contribution in [0.2, 0.25) is 0 Å². The van der Waals surface area contributed by atoms with E-state index in [0.717, 1.165) is 0 Å². The molecular formula is C24H24N2O5.